The van der Waals surface area contributed by atoms with Crippen LogP contribution in [0.15, 0.2) is 42.6 Å². The highest BCUT2D eigenvalue weighted by Gasteiger charge is 2.71. The number of nitrogens with zero attached hydrogens (tertiary/aromatic N) is 1. The van der Waals surface area contributed by atoms with Crippen LogP contribution in [0.1, 0.15) is 56.5 Å². The molecule has 27 heavy (non-hydrogen) atoms. The van der Waals surface area contributed by atoms with Crippen molar-refractivity contribution in [2.45, 2.75) is 45.4 Å². The van der Waals surface area contributed by atoms with E-state index in [2.05, 4.69) is 54.9 Å². The molecule has 3 aliphatic rings. The molecule has 5 heteroatoms. The summed E-state index contributed by atoms with van der Waals surface area (Å²) < 4.78 is 21.1. The highest BCUT2D eigenvalue weighted by molar-refractivity contribution is 5.53. The Balaban J connectivity index is 0.00000210. The van der Waals surface area contributed by atoms with Gasteiger partial charge in [0.15, 0.2) is 23.7 Å². The molecule has 0 fully saturated rings. The van der Waals surface area contributed by atoms with Crippen LogP contribution in [0.2, 0.25) is 0 Å². The zero-order chi connectivity index (χ0) is 18.5. The monoisotopic (exact) mass is 389 g/mol. The fraction of sp³-hybridized carbons (Fsp3) is 0.500. The molecule has 0 radical (unpaired) electrons. The van der Waals surface area contributed by atoms with Crippen molar-refractivity contribution in [3.8, 4) is 5.75 Å². The number of methoxy groups -OCH3 is 1. The molecular weight excluding hydrogens is 362 g/mol. The Labute approximate surface area is 167 Å². The van der Waals surface area contributed by atoms with Crippen LogP contribution in [-0.4, -0.2) is 26.1 Å². The van der Waals surface area contributed by atoms with E-state index >= 15 is 0 Å². The molecule has 0 amide bonds. The summed E-state index contributed by atoms with van der Waals surface area (Å²) in [5.74, 6) is 0.131. The molecule has 1 aromatic heterocycles. The quantitative estimate of drug-likeness (QED) is 0.561. The number of hydrogen-bond acceptors (Lipinski definition) is 3. The van der Waals surface area contributed by atoms with E-state index in [1.54, 1.807) is 7.11 Å². The Morgan fingerprint density at radius 3 is 2.33 bits per heavy atom. The number of fused-ring (bicyclic) bond motifs is 1. The molecule has 0 saturated heterocycles. The molecular formula is C22H28ClNO3. The Kier molecular flexibility index (Phi) is 5.28. The molecule has 4 nitrogen and oxygen atoms in total. The van der Waals surface area contributed by atoms with Gasteiger partial charge in [-0.25, -0.2) is 0 Å². The summed E-state index contributed by atoms with van der Waals surface area (Å²) in [6, 6.07) is 12.9. The van der Waals surface area contributed by atoms with E-state index < -0.39 is 5.79 Å². The SMILES string of the molecule is CCOC1(OCC)C2c3c(OC)cccc3C([n+]3ccccc32)C1(C)C.[Cl-]. The fourth-order valence-electron chi connectivity index (χ4n) is 5.23. The van der Waals surface area contributed by atoms with Gasteiger partial charge in [0.1, 0.15) is 11.7 Å². The van der Waals surface area contributed by atoms with Crippen molar-refractivity contribution in [3.63, 3.8) is 0 Å². The van der Waals surface area contributed by atoms with Gasteiger partial charge in [-0.2, -0.15) is 4.57 Å². The molecule has 5 rings (SSSR count). The van der Waals surface area contributed by atoms with Crippen molar-refractivity contribution in [3.05, 3.63) is 59.4 Å². The molecule has 2 bridgehead atoms. The zero-order valence-corrected chi connectivity index (χ0v) is 17.4. The maximum Gasteiger partial charge on any atom is 0.197 e. The molecule has 3 heterocycles. The normalized spacial score (nSPS) is 23.1. The van der Waals surface area contributed by atoms with Crippen molar-refractivity contribution in [2.75, 3.05) is 20.3 Å². The van der Waals surface area contributed by atoms with E-state index in [1.165, 1.54) is 16.8 Å². The minimum atomic E-state index is -0.732. The summed E-state index contributed by atoms with van der Waals surface area (Å²) in [7, 11) is 1.74. The number of benzene rings is 1. The topological polar surface area (TPSA) is 31.6 Å². The predicted octanol–water partition coefficient (Wildman–Crippen LogP) is 0.831. The number of aromatic nitrogens is 1. The second kappa shape index (κ2) is 7.08. The van der Waals surface area contributed by atoms with Crippen molar-refractivity contribution < 1.29 is 31.2 Å². The highest BCUT2D eigenvalue weighted by atomic mass is 35.5. The predicted molar refractivity (Wildman–Crippen MR) is 99.4 cm³/mol. The van der Waals surface area contributed by atoms with E-state index in [4.69, 9.17) is 14.2 Å². The van der Waals surface area contributed by atoms with E-state index in [0.29, 0.717) is 13.2 Å². The smallest absolute Gasteiger partial charge is 0.197 e. The Morgan fingerprint density at radius 2 is 1.70 bits per heavy atom. The van der Waals surface area contributed by atoms with E-state index in [1.807, 2.05) is 19.9 Å². The third-order valence-electron chi connectivity index (χ3n) is 6.08. The van der Waals surface area contributed by atoms with Crippen LogP contribution in [0.4, 0.5) is 0 Å². The largest absolute Gasteiger partial charge is 1.00 e. The van der Waals surface area contributed by atoms with Gasteiger partial charge in [-0.05, 0) is 33.8 Å². The standard InChI is InChI=1S/C22H28NO3.ClH/c1-6-25-22(26-7-2)19-16-12-8-9-14-23(16)20(21(22,3)4)15-11-10-13-17(24-5)18(15)19;/h8-14,19-20H,6-7H2,1-5H3;1H/q+1;/p-1. The summed E-state index contributed by atoms with van der Waals surface area (Å²) >= 11 is 0. The first-order chi connectivity index (χ1) is 12.5. The zero-order valence-electron chi connectivity index (χ0n) is 16.7. The lowest BCUT2D eigenvalue weighted by Gasteiger charge is -2.57. The van der Waals surface area contributed by atoms with E-state index in [9.17, 15) is 0 Å². The van der Waals surface area contributed by atoms with Gasteiger partial charge in [0, 0.05) is 36.5 Å². The third-order valence-corrected chi connectivity index (χ3v) is 6.08. The van der Waals surface area contributed by atoms with Gasteiger partial charge >= 0.3 is 0 Å². The van der Waals surface area contributed by atoms with Crippen LogP contribution in [0, 0.1) is 5.41 Å². The van der Waals surface area contributed by atoms with Gasteiger partial charge in [0.2, 0.25) is 0 Å². The summed E-state index contributed by atoms with van der Waals surface area (Å²) in [6.07, 6.45) is 2.18. The van der Waals surface area contributed by atoms with Gasteiger partial charge in [-0.1, -0.05) is 18.2 Å². The Bertz CT molecular complexity index is 830. The number of halogens is 1. The number of pyridine rings is 1. The van der Waals surface area contributed by atoms with Crippen LogP contribution in [0.5, 0.6) is 5.75 Å². The summed E-state index contributed by atoms with van der Waals surface area (Å²) in [6.45, 7) is 9.82. The van der Waals surface area contributed by atoms with Crippen molar-refractivity contribution in [1.29, 1.82) is 0 Å². The lowest BCUT2D eigenvalue weighted by atomic mass is 9.57. The summed E-state index contributed by atoms with van der Waals surface area (Å²) in [5.41, 5.74) is 3.48. The van der Waals surface area contributed by atoms with Crippen LogP contribution < -0.4 is 21.7 Å². The number of rotatable bonds is 5. The Hall–Kier alpha value is -1.62. The van der Waals surface area contributed by atoms with Crippen LogP contribution in [0.3, 0.4) is 0 Å². The molecule has 2 atom stereocenters. The lowest BCUT2D eigenvalue weighted by Crippen LogP contribution is -3.00. The number of ether oxygens (including phenoxy) is 3. The maximum atomic E-state index is 6.48. The second-order valence-corrected chi connectivity index (χ2v) is 7.59. The van der Waals surface area contributed by atoms with Crippen LogP contribution >= 0.6 is 0 Å². The third kappa shape index (κ3) is 2.47. The molecule has 0 N–H and O–H groups in total. The van der Waals surface area contributed by atoms with Gasteiger partial charge in [-0.3, -0.25) is 0 Å². The van der Waals surface area contributed by atoms with E-state index in [-0.39, 0.29) is 29.8 Å². The van der Waals surface area contributed by atoms with Gasteiger partial charge in [0.05, 0.1) is 12.5 Å². The average Bonchev–Trinajstić information content (AvgIpc) is 2.64. The molecule has 0 saturated carbocycles. The minimum absolute atomic E-state index is 0. The average molecular weight is 390 g/mol. The van der Waals surface area contributed by atoms with Crippen LogP contribution in [-0.2, 0) is 9.47 Å². The molecule has 0 spiro atoms. The molecule has 146 valence electrons. The molecule has 2 aromatic rings. The van der Waals surface area contributed by atoms with E-state index in [0.717, 1.165) is 5.75 Å². The summed E-state index contributed by atoms with van der Waals surface area (Å²) in [4.78, 5) is 0. The summed E-state index contributed by atoms with van der Waals surface area (Å²) in [5, 5.41) is 0. The fourth-order valence-corrected chi connectivity index (χ4v) is 5.23. The molecule has 2 unspecified atom stereocenters. The van der Waals surface area contributed by atoms with Crippen molar-refractivity contribution in [2.24, 2.45) is 5.41 Å². The first-order valence-corrected chi connectivity index (χ1v) is 9.48. The Morgan fingerprint density at radius 1 is 1.00 bits per heavy atom. The molecule has 1 aromatic carbocycles. The maximum absolute atomic E-state index is 6.48. The molecule has 2 aliphatic heterocycles. The van der Waals surface area contributed by atoms with Crippen molar-refractivity contribution in [1.82, 2.24) is 0 Å². The van der Waals surface area contributed by atoms with Gasteiger partial charge < -0.3 is 26.6 Å². The lowest BCUT2D eigenvalue weighted by molar-refractivity contribution is -0.755. The minimum Gasteiger partial charge on any atom is -1.00 e. The van der Waals surface area contributed by atoms with Gasteiger partial charge in [0.25, 0.3) is 0 Å². The first-order valence-electron chi connectivity index (χ1n) is 9.48. The molecule has 1 aliphatic carbocycles. The highest BCUT2D eigenvalue weighted by Crippen LogP contribution is 2.63. The van der Waals surface area contributed by atoms with Crippen molar-refractivity contribution >= 4 is 0 Å². The van der Waals surface area contributed by atoms with Crippen LogP contribution in [0.25, 0.3) is 0 Å². The first kappa shape index (κ1) is 20.1. The second-order valence-electron chi connectivity index (χ2n) is 7.59. The van der Waals surface area contributed by atoms with Gasteiger partial charge in [-0.15, -0.1) is 0 Å². The number of hydrogen-bond donors (Lipinski definition) is 0.